The Morgan fingerprint density at radius 1 is 0.829 bits per heavy atom. The minimum atomic E-state index is -4.08. The number of carbonyl (C=O) groups is 1. The highest BCUT2D eigenvalue weighted by Crippen LogP contribution is 2.28. The maximum absolute atomic E-state index is 13.6. The molecule has 3 aromatic carbocycles. The number of hydrogen-bond acceptors (Lipinski definition) is 4. The van der Waals surface area contributed by atoms with Gasteiger partial charge in [0.15, 0.2) is 0 Å². The smallest absolute Gasteiger partial charge is 0.245 e. The zero-order valence-electron chi connectivity index (χ0n) is 19.2. The summed E-state index contributed by atoms with van der Waals surface area (Å²) in [6.07, 6.45) is 0. The summed E-state index contributed by atoms with van der Waals surface area (Å²) in [5.74, 6) is -0.234. The van der Waals surface area contributed by atoms with Crippen LogP contribution in [0.25, 0.3) is 0 Å². The molecule has 1 aliphatic rings. The van der Waals surface area contributed by atoms with Crippen LogP contribution in [0, 0.1) is 0 Å². The first kappa shape index (κ1) is 25.7. The molecule has 1 aliphatic heterocycles. The first-order valence-corrected chi connectivity index (χ1v) is 13.6. The fourth-order valence-electron chi connectivity index (χ4n) is 4.07. The number of rotatable bonds is 8. The van der Waals surface area contributed by atoms with E-state index < -0.39 is 10.0 Å². The van der Waals surface area contributed by atoms with Gasteiger partial charge in [-0.25, -0.2) is 8.42 Å². The van der Waals surface area contributed by atoms with E-state index in [2.05, 4.69) is 17.0 Å². The molecule has 1 amide bonds. The SMILES string of the molecule is O=C(CN(Cc1ccccc1)S(=O)(=O)c1cc(Cl)ccc1Cl)N1CCN(Cc2ccccc2)CC1. The predicted molar refractivity (Wildman–Crippen MR) is 139 cm³/mol. The molecule has 0 unspecified atom stereocenters. The highest BCUT2D eigenvalue weighted by molar-refractivity contribution is 7.89. The molecule has 1 heterocycles. The first-order chi connectivity index (χ1) is 16.8. The number of sulfonamides is 1. The molecule has 9 heteroatoms. The lowest BCUT2D eigenvalue weighted by molar-refractivity contribution is -0.133. The van der Waals surface area contributed by atoms with Gasteiger partial charge in [0.1, 0.15) is 4.90 Å². The Labute approximate surface area is 216 Å². The third kappa shape index (κ3) is 6.63. The summed E-state index contributed by atoms with van der Waals surface area (Å²) in [4.78, 5) is 17.2. The van der Waals surface area contributed by atoms with Crippen LogP contribution in [0.5, 0.6) is 0 Å². The molecule has 6 nitrogen and oxygen atoms in total. The first-order valence-electron chi connectivity index (χ1n) is 11.4. The van der Waals surface area contributed by atoms with Crippen molar-refractivity contribution < 1.29 is 13.2 Å². The number of benzene rings is 3. The van der Waals surface area contributed by atoms with E-state index in [1.807, 2.05) is 48.5 Å². The van der Waals surface area contributed by atoms with Gasteiger partial charge in [0.2, 0.25) is 15.9 Å². The van der Waals surface area contributed by atoms with Gasteiger partial charge in [0.05, 0.1) is 11.6 Å². The van der Waals surface area contributed by atoms with Crippen LogP contribution in [0.2, 0.25) is 10.0 Å². The maximum Gasteiger partial charge on any atom is 0.245 e. The molecule has 0 aromatic heterocycles. The van der Waals surface area contributed by atoms with Gasteiger partial charge in [-0.3, -0.25) is 9.69 Å². The van der Waals surface area contributed by atoms with Crippen molar-refractivity contribution in [1.82, 2.24) is 14.1 Å². The van der Waals surface area contributed by atoms with Crippen LogP contribution in [0.1, 0.15) is 11.1 Å². The van der Waals surface area contributed by atoms with E-state index in [1.165, 1.54) is 28.1 Å². The molecule has 35 heavy (non-hydrogen) atoms. The highest BCUT2D eigenvalue weighted by Gasteiger charge is 2.31. The summed E-state index contributed by atoms with van der Waals surface area (Å²) in [5, 5.41) is 0.322. The zero-order valence-corrected chi connectivity index (χ0v) is 21.5. The Morgan fingerprint density at radius 3 is 2.06 bits per heavy atom. The molecular formula is C26H27Cl2N3O3S. The van der Waals surface area contributed by atoms with Crippen LogP contribution < -0.4 is 0 Å². The van der Waals surface area contributed by atoms with Gasteiger partial charge in [0.25, 0.3) is 0 Å². The Morgan fingerprint density at radius 2 is 1.43 bits per heavy atom. The van der Waals surface area contributed by atoms with Crippen LogP contribution in [0.3, 0.4) is 0 Å². The van der Waals surface area contributed by atoms with E-state index >= 15 is 0 Å². The predicted octanol–water partition coefficient (Wildman–Crippen LogP) is 4.53. The molecule has 4 rings (SSSR count). The quantitative estimate of drug-likeness (QED) is 0.428. The van der Waals surface area contributed by atoms with Crippen LogP contribution in [0.4, 0.5) is 0 Å². The minimum Gasteiger partial charge on any atom is -0.339 e. The van der Waals surface area contributed by atoms with Gasteiger partial charge >= 0.3 is 0 Å². The average molecular weight is 532 g/mol. The molecular weight excluding hydrogens is 505 g/mol. The van der Waals surface area contributed by atoms with Crippen LogP contribution in [0.15, 0.2) is 83.8 Å². The molecule has 0 bridgehead atoms. The number of carbonyl (C=O) groups excluding carboxylic acids is 1. The average Bonchev–Trinajstić information content (AvgIpc) is 2.86. The Hall–Kier alpha value is -2.42. The van der Waals surface area contributed by atoms with Crippen molar-refractivity contribution in [2.75, 3.05) is 32.7 Å². The van der Waals surface area contributed by atoms with Gasteiger partial charge in [-0.05, 0) is 29.3 Å². The van der Waals surface area contributed by atoms with Crippen LogP contribution >= 0.6 is 23.2 Å². The van der Waals surface area contributed by atoms with Gasteiger partial charge in [-0.2, -0.15) is 4.31 Å². The number of amides is 1. The summed E-state index contributed by atoms with van der Waals surface area (Å²) in [5.41, 5.74) is 2.00. The van der Waals surface area contributed by atoms with Crippen molar-refractivity contribution >= 4 is 39.1 Å². The molecule has 0 N–H and O–H groups in total. The van der Waals surface area contributed by atoms with Crippen molar-refractivity contribution in [3.05, 3.63) is 100 Å². The Balaban J connectivity index is 1.48. The fourth-order valence-corrected chi connectivity index (χ4v) is 6.19. The number of halogens is 2. The van der Waals surface area contributed by atoms with Crippen molar-refractivity contribution in [2.24, 2.45) is 0 Å². The Bertz CT molecular complexity index is 1250. The van der Waals surface area contributed by atoms with Crippen molar-refractivity contribution in [3.8, 4) is 0 Å². The van der Waals surface area contributed by atoms with E-state index in [9.17, 15) is 13.2 Å². The van der Waals surface area contributed by atoms with E-state index in [1.54, 1.807) is 4.90 Å². The third-order valence-electron chi connectivity index (χ3n) is 6.00. The van der Waals surface area contributed by atoms with E-state index in [0.29, 0.717) is 13.1 Å². The minimum absolute atomic E-state index is 0.0473. The molecule has 3 aromatic rings. The summed E-state index contributed by atoms with van der Waals surface area (Å²) >= 11 is 12.3. The summed E-state index contributed by atoms with van der Waals surface area (Å²) in [7, 11) is -4.08. The number of piperazine rings is 1. The lowest BCUT2D eigenvalue weighted by Gasteiger charge is -2.35. The van der Waals surface area contributed by atoms with Gasteiger partial charge in [-0.1, -0.05) is 83.9 Å². The summed E-state index contributed by atoms with van der Waals surface area (Å²) < 4.78 is 28.4. The van der Waals surface area contributed by atoms with Crippen molar-refractivity contribution in [1.29, 1.82) is 0 Å². The van der Waals surface area contributed by atoms with Crippen molar-refractivity contribution in [3.63, 3.8) is 0 Å². The largest absolute Gasteiger partial charge is 0.339 e. The lowest BCUT2D eigenvalue weighted by Crippen LogP contribution is -2.51. The molecule has 0 aliphatic carbocycles. The van der Waals surface area contributed by atoms with Crippen LogP contribution in [-0.2, 0) is 27.9 Å². The van der Waals surface area contributed by atoms with Gasteiger partial charge in [-0.15, -0.1) is 0 Å². The molecule has 0 spiro atoms. The standard InChI is InChI=1S/C26H27Cl2N3O3S/c27-23-11-12-24(28)25(17-23)35(33,34)31(19-22-9-5-2-6-10-22)20-26(32)30-15-13-29(14-16-30)18-21-7-3-1-4-8-21/h1-12,17H,13-16,18-20H2. The molecule has 1 saturated heterocycles. The van der Waals surface area contributed by atoms with Gasteiger partial charge in [0, 0.05) is 44.3 Å². The topological polar surface area (TPSA) is 60.9 Å². The van der Waals surface area contributed by atoms with E-state index in [4.69, 9.17) is 23.2 Å². The summed E-state index contributed by atoms with van der Waals surface area (Å²) in [6, 6.07) is 23.7. The molecule has 0 atom stereocenters. The molecule has 0 radical (unpaired) electrons. The molecule has 1 fully saturated rings. The van der Waals surface area contributed by atoms with Crippen molar-refractivity contribution in [2.45, 2.75) is 18.0 Å². The highest BCUT2D eigenvalue weighted by atomic mass is 35.5. The molecule has 184 valence electrons. The third-order valence-corrected chi connectivity index (χ3v) is 8.51. The Kier molecular flexibility index (Phi) is 8.46. The van der Waals surface area contributed by atoms with Crippen LogP contribution in [-0.4, -0.2) is 61.2 Å². The van der Waals surface area contributed by atoms with Gasteiger partial charge < -0.3 is 4.90 Å². The van der Waals surface area contributed by atoms with E-state index in [-0.39, 0.29) is 33.9 Å². The monoisotopic (exact) mass is 531 g/mol. The maximum atomic E-state index is 13.6. The number of hydrogen-bond donors (Lipinski definition) is 0. The van der Waals surface area contributed by atoms with E-state index in [0.717, 1.165) is 25.2 Å². The second kappa shape index (κ2) is 11.5. The molecule has 0 saturated carbocycles. The fraction of sp³-hybridized carbons (Fsp3) is 0.269. The normalized spacial score (nSPS) is 14.9. The number of nitrogens with zero attached hydrogens (tertiary/aromatic N) is 3. The second-order valence-electron chi connectivity index (χ2n) is 8.48. The second-order valence-corrected chi connectivity index (χ2v) is 11.2. The zero-order chi connectivity index (χ0) is 24.8. The lowest BCUT2D eigenvalue weighted by atomic mass is 10.2. The summed E-state index contributed by atoms with van der Waals surface area (Å²) in [6.45, 7) is 3.14.